The molecule has 0 amide bonds. The van der Waals surface area contributed by atoms with E-state index >= 15 is 0 Å². The third-order valence-electron chi connectivity index (χ3n) is 2.54. The molecule has 0 aliphatic heterocycles. The van der Waals surface area contributed by atoms with Crippen molar-refractivity contribution in [3.63, 3.8) is 0 Å². The number of nitrogens with one attached hydrogen (secondary N) is 1. The van der Waals surface area contributed by atoms with Crippen LogP contribution in [-0.2, 0) is 0 Å². The predicted molar refractivity (Wildman–Crippen MR) is 65.8 cm³/mol. The quantitative estimate of drug-likeness (QED) is 0.574. The molecule has 0 spiro atoms. The number of hydrogen-bond donors (Lipinski definition) is 2. The number of rotatable bonds is 2. The Kier molecular flexibility index (Phi) is 2.68. The molecule has 0 aliphatic carbocycles. The lowest BCUT2D eigenvalue weighted by molar-refractivity contribution is 1.15. The van der Waals surface area contributed by atoms with E-state index in [0.29, 0.717) is 11.4 Å². The highest BCUT2D eigenvalue weighted by Crippen LogP contribution is 2.29. The van der Waals surface area contributed by atoms with Crippen molar-refractivity contribution in [2.45, 2.75) is 6.92 Å². The molecule has 0 saturated carbocycles. The summed E-state index contributed by atoms with van der Waals surface area (Å²) in [7, 11) is 0. The second-order valence-electron chi connectivity index (χ2n) is 3.75. The van der Waals surface area contributed by atoms with Crippen LogP contribution in [0.25, 0.3) is 11.1 Å². The van der Waals surface area contributed by atoms with E-state index in [0.717, 1.165) is 11.1 Å². The molecule has 0 saturated heterocycles. The fraction of sp³-hybridized carbons (Fsp3) is 0.0769. The third-order valence-corrected chi connectivity index (χ3v) is 2.54. The first kappa shape index (κ1) is 10.4. The van der Waals surface area contributed by atoms with E-state index in [2.05, 4.69) is 36.3 Å². The first-order chi connectivity index (χ1) is 7.70. The molecule has 3 heteroatoms. The van der Waals surface area contributed by atoms with Crippen LogP contribution in [0.2, 0.25) is 0 Å². The summed E-state index contributed by atoms with van der Waals surface area (Å²) in [6, 6.07) is 13.8. The normalized spacial score (nSPS) is 10.1. The summed E-state index contributed by atoms with van der Waals surface area (Å²) in [6.07, 6.45) is 0. The van der Waals surface area contributed by atoms with Crippen LogP contribution in [0.1, 0.15) is 5.56 Å². The topological polar surface area (TPSA) is 62.2 Å². The summed E-state index contributed by atoms with van der Waals surface area (Å²) in [5, 5.41) is 3.40. The van der Waals surface area contributed by atoms with E-state index in [-0.39, 0.29) is 0 Å². The number of anilines is 1. The Balaban J connectivity index is 2.48. The monoisotopic (exact) mass is 211 g/mol. The molecule has 3 N–H and O–H groups in total. The number of aryl methyl sites for hydroxylation is 1. The molecule has 2 aromatic rings. The van der Waals surface area contributed by atoms with Gasteiger partial charge in [0.1, 0.15) is 5.69 Å². The van der Waals surface area contributed by atoms with Gasteiger partial charge in [-0.05, 0) is 30.2 Å². The van der Waals surface area contributed by atoms with Gasteiger partial charge in [-0.3, -0.25) is 0 Å². The highest BCUT2D eigenvalue weighted by Gasteiger charge is 2.02. The number of benzene rings is 2. The molecule has 2 rings (SSSR count). The van der Waals surface area contributed by atoms with Crippen LogP contribution in [0.3, 0.4) is 0 Å². The number of nitrogens with zero attached hydrogens (tertiary/aromatic N) is 1. The van der Waals surface area contributed by atoms with Crippen molar-refractivity contribution in [1.29, 1.82) is 5.53 Å². The molecule has 0 fully saturated rings. The lowest BCUT2D eigenvalue weighted by Crippen LogP contribution is -1.86. The second kappa shape index (κ2) is 4.14. The lowest BCUT2D eigenvalue weighted by Gasteiger charge is -2.05. The van der Waals surface area contributed by atoms with Crippen molar-refractivity contribution in [2.24, 2.45) is 5.11 Å². The molecule has 0 aliphatic rings. The van der Waals surface area contributed by atoms with Gasteiger partial charge in [-0.2, -0.15) is 5.11 Å². The van der Waals surface area contributed by atoms with Gasteiger partial charge in [0.25, 0.3) is 0 Å². The smallest absolute Gasteiger partial charge is 0.108 e. The van der Waals surface area contributed by atoms with E-state index in [1.54, 1.807) is 6.07 Å². The molecular formula is C13H13N3. The van der Waals surface area contributed by atoms with E-state index in [4.69, 9.17) is 11.3 Å². The zero-order valence-corrected chi connectivity index (χ0v) is 9.07. The predicted octanol–water partition coefficient (Wildman–Crippen LogP) is 3.91. The van der Waals surface area contributed by atoms with Gasteiger partial charge in [0.05, 0.1) is 5.69 Å². The van der Waals surface area contributed by atoms with Gasteiger partial charge in [-0.25, -0.2) is 5.53 Å². The molecule has 3 nitrogen and oxygen atoms in total. The van der Waals surface area contributed by atoms with Crippen LogP contribution >= 0.6 is 0 Å². The Morgan fingerprint density at radius 2 is 1.62 bits per heavy atom. The number of nitrogen functional groups attached to an aromatic ring is 1. The molecule has 16 heavy (non-hydrogen) atoms. The number of hydrogen-bond acceptors (Lipinski definition) is 3. The second-order valence-corrected chi connectivity index (χ2v) is 3.75. The Bertz CT molecular complexity index is 515. The van der Waals surface area contributed by atoms with Crippen LogP contribution in [-0.4, -0.2) is 0 Å². The standard InChI is InChI=1S/C13H13N3/c1-9-2-4-10(5-3-9)11-6-7-12(14)13(8-11)16-15/h2-8,15H,14H2,1H3. The zero-order valence-electron chi connectivity index (χ0n) is 9.07. The maximum absolute atomic E-state index is 7.02. The van der Waals surface area contributed by atoms with Gasteiger partial charge in [0.15, 0.2) is 0 Å². The minimum absolute atomic E-state index is 0.512. The van der Waals surface area contributed by atoms with Crippen LogP contribution in [0.4, 0.5) is 11.4 Å². The highest BCUT2D eigenvalue weighted by atomic mass is 15.0. The average molecular weight is 211 g/mol. The van der Waals surface area contributed by atoms with Crippen LogP contribution in [0.15, 0.2) is 47.6 Å². The Labute approximate surface area is 94.4 Å². The van der Waals surface area contributed by atoms with E-state index in [1.807, 2.05) is 12.1 Å². The van der Waals surface area contributed by atoms with E-state index in [1.165, 1.54) is 5.56 Å². The molecule has 0 radical (unpaired) electrons. The van der Waals surface area contributed by atoms with E-state index in [9.17, 15) is 0 Å². The first-order valence-corrected chi connectivity index (χ1v) is 5.05. The summed E-state index contributed by atoms with van der Waals surface area (Å²) >= 11 is 0. The van der Waals surface area contributed by atoms with Crippen molar-refractivity contribution in [3.8, 4) is 11.1 Å². The van der Waals surface area contributed by atoms with Gasteiger partial charge >= 0.3 is 0 Å². The molecule has 0 aromatic heterocycles. The lowest BCUT2D eigenvalue weighted by atomic mass is 10.0. The minimum atomic E-state index is 0.512. The number of nitrogens with two attached hydrogens (primary N) is 1. The molecule has 0 bridgehead atoms. The summed E-state index contributed by atoms with van der Waals surface area (Å²) in [5.41, 5.74) is 17.1. The largest absolute Gasteiger partial charge is 0.397 e. The molecule has 0 heterocycles. The third kappa shape index (κ3) is 1.93. The summed E-state index contributed by atoms with van der Waals surface area (Å²) < 4.78 is 0. The van der Waals surface area contributed by atoms with Crippen LogP contribution in [0.5, 0.6) is 0 Å². The Morgan fingerprint density at radius 3 is 2.25 bits per heavy atom. The molecule has 2 aromatic carbocycles. The molecule has 80 valence electrons. The van der Waals surface area contributed by atoms with Crippen LogP contribution < -0.4 is 5.73 Å². The summed E-state index contributed by atoms with van der Waals surface area (Å²) in [4.78, 5) is 0. The minimum Gasteiger partial charge on any atom is -0.397 e. The highest BCUT2D eigenvalue weighted by molar-refractivity contribution is 5.74. The molecular weight excluding hydrogens is 198 g/mol. The zero-order chi connectivity index (χ0) is 11.5. The Morgan fingerprint density at radius 1 is 1.00 bits per heavy atom. The van der Waals surface area contributed by atoms with Gasteiger partial charge in [0, 0.05) is 0 Å². The van der Waals surface area contributed by atoms with Gasteiger partial charge in [-0.1, -0.05) is 35.9 Å². The Hall–Kier alpha value is -2.16. The summed E-state index contributed by atoms with van der Waals surface area (Å²) in [5.74, 6) is 0. The van der Waals surface area contributed by atoms with E-state index < -0.39 is 0 Å². The van der Waals surface area contributed by atoms with Gasteiger partial charge < -0.3 is 5.73 Å². The van der Waals surface area contributed by atoms with Crippen molar-refractivity contribution < 1.29 is 0 Å². The molecule has 0 atom stereocenters. The van der Waals surface area contributed by atoms with Gasteiger partial charge in [0.2, 0.25) is 0 Å². The molecule has 0 unspecified atom stereocenters. The fourth-order valence-electron chi connectivity index (χ4n) is 1.57. The maximum Gasteiger partial charge on any atom is 0.108 e. The van der Waals surface area contributed by atoms with Crippen molar-refractivity contribution in [1.82, 2.24) is 0 Å². The van der Waals surface area contributed by atoms with Crippen LogP contribution in [0, 0.1) is 12.5 Å². The summed E-state index contributed by atoms with van der Waals surface area (Å²) in [6.45, 7) is 2.05. The van der Waals surface area contributed by atoms with Crippen molar-refractivity contribution in [2.75, 3.05) is 5.73 Å². The van der Waals surface area contributed by atoms with Gasteiger partial charge in [-0.15, -0.1) is 0 Å². The van der Waals surface area contributed by atoms with Crippen molar-refractivity contribution >= 4 is 11.4 Å². The first-order valence-electron chi connectivity index (χ1n) is 5.05. The maximum atomic E-state index is 7.02. The van der Waals surface area contributed by atoms with Crippen molar-refractivity contribution in [3.05, 3.63) is 48.0 Å². The fourth-order valence-corrected chi connectivity index (χ4v) is 1.57. The SMILES string of the molecule is Cc1ccc(-c2ccc(N)c(N=N)c2)cc1. The average Bonchev–Trinajstić information content (AvgIpc) is 2.31.